The number of nitrogens with zero attached hydrogens (tertiary/aromatic N) is 3. The minimum atomic E-state index is -0.180. The van der Waals surface area contributed by atoms with Gasteiger partial charge in [-0.05, 0) is 37.8 Å². The van der Waals surface area contributed by atoms with E-state index in [2.05, 4.69) is 9.88 Å². The van der Waals surface area contributed by atoms with Crippen molar-refractivity contribution >= 4 is 5.91 Å². The van der Waals surface area contributed by atoms with Crippen LogP contribution in [-0.2, 0) is 11.2 Å². The molecule has 2 atom stereocenters. The fourth-order valence-corrected chi connectivity index (χ4v) is 3.54. The van der Waals surface area contributed by atoms with E-state index in [0.29, 0.717) is 12.5 Å². The number of carbonyl (C=O) groups is 1. The zero-order valence-electron chi connectivity index (χ0n) is 13.2. The van der Waals surface area contributed by atoms with Crippen molar-refractivity contribution in [1.29, 1.82) is 0 Å². The molecule has 0 radical (unpaired) electrons. The molecule has 0 bridgehead atoms. The summed E-state index contributed by atoms with van der Waals surface area (Å²) in [7, 11) is 0. The van der Waals surface area contributed by atoms with Gasteiger partial charge in [-0.1, -0.05) is 6.07 Å². The van der Waals surface area contributed by atoms with Gasteiger partial charge in [0.15, 0.2) is 0 Å². The molecule has 5 heteroatoms. The summed E-state index contributed by atoms with van der Waals surface area (Å²) < 4.78 is 0. The van der Waals surface area contributed by atoms with Gasteiger partial charge in [-0.25, -0.2) is 0 Å². The third-order valence-electron chi connectivity index (χ3n) is 4.91. The predicted octanol–water partition coefficient (Wildman–Crippen LogP) is 0.990. The number of amides is 1. The Morgan fingerprint density at radius 2 is 2.05 bits per heavy atom. The highest BCUT2D eigenvalue weighted by molar-refractivity contribution is 5.78. The molecule has 3 rings (SSSR count). The van der Waals surface area contributed by atoms with Crippen molar-refractivity contribution in [1.82, 2.24) is 14.8 Å². The topological polar surface area (TPSA) is 56.7 Å². The standard InChI is InChI=1S/C17H25N3O2/c1-13-5-6-14(12-18-13)11-17(22)20-9-7-19(8-10-20)15-3-2-4-16(15)21/h5-6,12,15-16,21H,2-4,7-11H2,1H3. The Bertz CT molecular complexity index is 509. The number of pyridine rings is 1. The van der Waals surface area contributed by atoms with E-state index in [0.717, 1.165) is 56.7 Å². The van der Waals surface area contributed by atoms with Crippen LogP contribution >= 0.6 is 0 Å². The third-order valence-corrected chi connectivity index (χ3v) is 4.91. The molecule has 1 aliphatic carbocycles. The average molecular weight is 303 g/mol. The summed E-state index contributed by atoms with van der Waals surface area (Å²) in [4.78, 5) is 20.9. The van der Waals surface area contributed by atoms with Crippen molar-refractivity contribution in [2.45, 2.75) is 44.8 Å². The number of hydrogen-bond acceptors (Lipinski definition) is 4. The van der Waals surface area contributed by atoms with E-state index in [-0.39, 0.29) is 12.0 Å². The first-order valence-electron chi connectivity index (χ1n) is 8.25. The van der Waals surface area contributed by atoms with E-state index in [1.807, 2.05) is 24.0 Å². The van der Waals surface area contributed by atoms with Gasteiger partial charge in [-0.2, -0.15) is 0 Å². The number of hydrogen-bond donors (Lipinski definition) is 1. The quantitative estimate of drug-likeness (QED) is 0.905. The van der Waals surface area contributed by atoms with E-state index in [1.165, 1.54) is 0 Å². The monoisotopic (exact) mass is 303 g/mol. The first-order chi connectivity index (χ1) is 10.6. The van der Waals surface area contributed by atoms with Crippen molar-refractivity contribution in [2.24, 2.45) is 0 Å². The average Bonchev–Trinajstić information content (AvgIpc) is 2.96. The molecule has 2 aliphatic rings. The fraction of sp³-hybridized carbons (Fsp3) is 0.647. The zero-order chi connectivity index (χ0) is 15.5. The van der Waals surface area contributed by atoms with Crippen molar-refractivity contribution < 1.29 is 9.90 Å². The molecule has 5 nitrogen and oxygen atoms in total. The Kier molecular flexibility index (Phi) is 4.74. The molecule has 22 heavy (non-hydrogen) atoms. The number of aliphatic hydroxyl groups excluding tert-OH is 1. The van der Waals surface area contributed by atoms with Crippen LogP contribution in [0.1, 0.15) is 30.5 Å². The lowest BCUT2D eigenvalue weighted by Gasteiger charge is -2.39. The summed E-state index contributed by atoms with van der Waals surface area (Å²) >= 11 is 0. The number of aliphatic hydroxyl groups is 1. The van der Waals surface area contributed by atoms with E-state index in [1.54, 1.807) is 6.20 Å². The summed E-state index contributed by atoms with van der Waals surface area (Å²) in [6, 6.07) is 4.23. The lowest BCUT2D eigenvalue weighted by molar-refractivity contribution is -0.132. The van der Waals surface area contributed by atoms with Gasteiger partial charge in [0.2, 0.25) is 5.91 Å². The van der Waals surface area contributed by atoms with Gasteiger partial charge in [0.05, 0.1) is 12.5 Å². The first-order valence-corrected chi connectivity index (χ1v) is 8.25. The van der Waals surface area contributed by atoms with Crippen molar-refractivity contribution in [2.75, 3.05) is 26.2 Å². The lowest BCUT2D eigenvalue weighted by Crippen LogP contribution is -2.53. The second-order valence-electron chi connectivity index (χ2n) is 6.47. The largest absolute Gasteiger partial charge is 0.391 e. The summed E-state index contributed by atoms with van der Waals surface area (Å²) in [5.74, 6) is 0.178. The van der Waals surface area contributed by atoms with Gasteiger partial charge in [0, 0.05) is 44.1 Å². The summed E-state index contributed by atoms with van der Waals surface area (Å²) in [6.45, 7) is 5.23. The normalized spacial score (nSPS) is 26.4. The molecule has 1 aromatic rings. The van der Waals surface area contributed by atoms with Gasteiger partial charge in [0.1, 0.15) is 0 Å². The summed E-state index contributed by atoms with van der Waals surface area (Å²) in [5.41, 5.74) is 1.95. The second kappa shape index (κ2) is 6.75. The first kappa shape index (κ1) is 15.4. The molecule has 120 valence electrons. The van der Waals surface area contributed by atoms with E-state index in [4.69, 9.17) is 0 Å². The molecule has 2 unspecified atom stereocenters. The van der Waals surface area contributed by atoms with Crippen molar-refractivity contribution in [3.05, 3.63) is 29.6 Å². The summed E-state index contributed by atoms with van der Waals surface area (Å²) in [5, 5.41) is 10.0. The van der Waals surface area contributed by atoms with Crippen molar-refractivity contribution in [3.8, 4) is 0 Å². The maximum atomic E-state index is 12.4. The van der Waals surface area contributed by atoms with Gasteiger partial charge in [-0.15, -0.1) is 0 Å². The predicted molar refractivity (Wildman–Crippen MR) is 84.5 cm³/mol. The van der Waals surface area contributed by atoms with Crippen LogP contribution < -0.4 is 0 Å². The molecule has 2 heterocycles. The van der Waals surface area contributed by atoms with Crippen LogP contribution in [0.15, 0.2) is 18.3 Å². The Morgan fingerprint density at radius 3 is 2.64 bits per heavy atom. The molecule has 1 aromatic heterocycles. The fourth-order valence-electron chi connectivity index (χ4n) is 3.54. The summed E-state index contributed by atoms with van der Waals surface area (Å²) in [6.07, 6.45) is 5.16. The van der Waals surface area contributed by atoms with E-state index < -0.39 is 0 Å². The Balaban J connectivity index is 1.50. The molecule has 1 saturated heterocycles. The number of carbonyl (C=O) groups excluding carboxylic acids is 1. The van der Waals surface area contributed by atoms with Gasteiger partial charge < -0.3 is 10.0 Å². The molecule has 1 N–H and O–H groups in total. The zero-order valence-corrected chi connectivity index (χ0v) is 13.2. The number of aromatic nitrogens is 1. The highest BCUT2D eigenvalue weighted by atomic mass is 16.3. The molecule has 2 fully saturated rings. The van der Waals surface area contributed by atoms with Crippen LogP contribution in [0.4, 0.5) is 0 Å². The van der Waals surface area contributed by atoms with Gasteiger partial charge in [-0.3, -0.25) is 14.7 Å². The third kappa shape index (κ3) is 3.47. The molecule has 1 aliphatic heterocycles. The van der Waals surface area contributed by atoms with Gasteiger partial charge >= 0.3 is 0 Å². The number of aryl methyl sites for hydroxylation is 1. The smallest absolute Gasteiger partial charge is 0.227 e. The molecule has 1 saturated carbocycles. The molecule has 0 aromatic carbocycles. The second-order valence-corrected chi connectivity index (χ2v) is 6.47. The van der Waals surface area contributed by atoms with Crippen LogP contribution in [0.5, 0.6) is 0 Å². The molecule has 0 spiro atoms. The maximum absolute atomic E-state index is 12.4. The highest BCUT2D eigenvalue weighted by Crippen LogP contribution is 2.25. The van der Waals surface area contributed by atoms with Gasteiger partial charge in [0.25, 0.3) is 0 Å². The minimum absolute atomic E-state index is 0.178. The van der Waals surface area contributed by atoms with Crippen LogP contribution in [0.2, 0.25) is 0 Å². The minimum Gasteiger partial charge on any atom is -0.391 e. The number of piperazine rings is 1. The molecular formula is C17H25N3O2. The van der Waals surface area contributed by atoms with Crippen LogP contribution in [0.25, 0.3) is 0 Å². The SMILES string of the molecule is Cc1ccc(CC(=O)N2CCN(C3CCCC3O)CC2)cn1. The Labute approximate surface area is 131 Å². The van der Waals surface area contributed by atoms with E-state index in [9.17, 15) is 9.90 Å². The Morgan fingerprint density at radius 1 is 1.27 bits per heavy atom. The molecular weight excluding hydrogens is 278 g/mol. The van der Waals surface area contributed by atoms with Crippen molar-refractivity contribution in [3.63, 3.8) is 0 Å². The van der Waals surface area contributed by atoms with Crippen LogP contribution in [0.3, 0.4) is 0 Å². The van der Waals surface area contributed by atoms with E-state index >= 15 is 0 Å². The maximum Gasteiger partial charge on any atom is 0.227 e. The highest BCUT2D eigenvalue weighted by Gasteiger charge is 2.33. The lowest BCUT2D eigenvalue weighted by atomic mass is 10.1. The molecule has 1 amide bonds. The number of rotatable bonds is 3. The Hall–Kier alpha value is -1.46. The van der Waals surface area contributed by atoms with Crippen LogP contribution in [0, 0.1) is 6.92 Å². The van der Waals surface area contributed by atoms with Crippen LogP contribution in [-0.4, -0.2) is 64.1 Å².